The molecule has 6 rings (SSSR count). The van der Waals surface area contributed by atoms with Gasteiger partial charge in [-0.25, -0.2) is 9.97 Å². The molecule has 0 amide bonds. The Morgan fingerprint density at radius 3 is 3.04 bits per heavy atom. The van der Waals surface area contributed by atoms with Crippen LogP contribution in [-0.4, -0.2) is 19.5 Å². The average molecular weight is 344 g/mol. The van der Waals surface area contributed by atoms with Crippen molar-refractivity contribution in [3.05, 3.63) is 53.4 Å². The number of thiazole rings is 1. The standard InChI is InChI=1S/C20H16N4S/c1-11-3-2-4-16(22-11)18-19(24-9-13-7-14(13)20(24)23-18)12-5-6-15-17(8-12)25-10-21-15/h2-6,8,10,13-14H,7,9H2,1H3. The quantitative estimate of drug-likeness (QED) is 0.532. The Hall–Kier alpha value is -2.53. The van der Waals surface area contributed by atoms with Gasteiger partial charge < -0.3 is 4.57 Å². The highest BCUT2D eigenvalue weighted by Gasteiger charge is 2.48. The Bertz CT molecular complexity index is 1140. The Balaban J connectivity index is 1.62. The van der Waals surface area contributed by atoms with E-state index < -0.39 is 0 Å². The number of rotatable bonds is 2. The van der Waals surface area contributed by atoms with Gasteiger partial charge in [0.2, 0.25) is 0 Å². The van der Waals surface area contributed by atoms with Crippen molar-refractivity contribution in [3.8, 4) is 22.6 Å². The minimum Gasteiger partial charge on any atom is -0.327 e. The third kappa shape index (κ3) is 1.96. The first kappa shape index (κ1) is 13.7. The van der Waals surface area contributed by atoms with Crippen LogP contribution in [0.4, 0.5) is 0 Å². The highest BCUT2D eigenvalue weighted by molar-refractivity contribution is 7.16. The molecule has 0 bridgehead atoms. The van der Waals surface area contributed by atoms with Crippen molar-refractivity contribution < 1.29 is 0 Å². The molecule has 2 aliphatic rings. The van der Waals surface area contributed by atoms with Gasteiger partial charge in [0, 0.05) is 23.7 Å². The molecule has 1 aromatic carbocycles. The number of hydrogen-bond donors (Lipinski definition) is 0. The number of nitrogens with zero attached hydrogens (tertiary/aromatic N) is 4. The van der Waals surface area contributed by atoms with E-state index in [1.165, 1.54) is 28.2 Å². The third-order valence-electron chi connectivity index (χ3n) is 5.40. The van der Waals surface area contributed by atoms with E-state index in [0.29, 0.717) is 5.92 Å². The van der Waals surface area contributed by atoms with Crippen molar-refractivity contribution in [1.82, 2.24) is 19.5 Å². The molecule has 3 aromatic heterocycles. The molecule has 0 spiro atoms. The van der Waals surface area contributed by atoms with Gasteiger partial charge in [-0.1, -0.05) is 12.1 Å². The van der Waals surface area contributed by atoms with Crippen LogP contribution in [0.1, 0.15) is 23.9 Å². The number of benzene rings is 1. The number of fused-ring (bicyclic) bond motifs is 4. The Labute approximate surface area is 149 Å². The second kappa shape index (κ2) is 4.76. The zero-order chi connectivity index (χ0) is 16.5. The molecule has 1 aliphatic carbocycles. The smallest absolute Gasteiger partial charge is 0.115 e. The Kier molecular flexibility index (Phi) is 2.61. The summed E-state index contributed by atoms with van der Waals surface area (Å²) in [6, 6.07) is 12.7. The van der Waals surface area contributed by atoms with Gasteiger partial charge in [-0.3, -0.25) is 4.98 Å². The molecule has 25 heavy (non-hydrogen) atoms. The van der Waals surface area contributed by atoms with Crippen molar-refractivity contribution in [2.24, 2.45) is 5.92 Å². The lowest BCUT2D eigenvalue weighted by molar-refractivity contribution is 0.675. The van der Waals surface area contributed by atoms with Crippen molar-refractivity contribution in [2.75, 3.05) is 0 Å². The molecule has 0 saturated heterocycles. The minimum atomic E-state index is 0.657. The van der Waals surface area contributed by atoms with Crippen LogP contribution in [-0.2, 0) is 6.54 Å². The number of aromatic nitrogens is 4. The summed E-state index contributed by atoms with van der Waals surface area (Å²) in [6.07, 6.45) is 1.30. The lowest BCUT2D eigenvalue weighted by Crippen LogP contribution is -2.00. The van der Waals surface area contributed by atoms with Crippen molar-refractivity contribution in [2.45, 2.75) is 25.8 Å². The lowest BCUT2D eigenvalue weighted by atomic mass is 10.1. The van der Waals surface area contributed by atoms with Gasteiger partial charge in [0.05, 0.1) is 27.1 Å². The summed E-state index contributed by atoms with van der Waals surface area (Å²) in [5.74, 6) is 2.71. The molecule has 4 aromatic rings. The summed E-state index contributed by atoms with van der Waals surface area (Å²) in [5.41, 5.74) is 8.43. The van der Waals surface area contributed by atoms with Gasteiger partial charge in [0.15, 0.2) is 0 Å². The largest absolute Gasteiger partial charge is 0.327 e. The summed E-state index contributed by atoms with van der Waals surface area (Å²) in [6.45, 7) is 3.13. The van der Waals surface area contributed by atoms with Gasteiger partial charge in [0.25, 0.3) is 0 Å². The molecule has 1 aliphatic heterocycles. The summed E-state index contributed by atoms with van der Waals surface area (Å²) in [4.78, 5) is 14.2. The van der Waals surface area contributed by atoms with Crippen LogP contribution in [0.25, 0.3) is 32.9 Å². The molecule has 0 N–H and O–H groups in total. The fourth-order valence-corrected chi connectivity index (χ4v) is 4.80. The molecule has 1 fully saturated rings. The molecule has 5 heteroatoms. The van der Waals surface area contributed by atoms with Crippen LogP contribution < -0.4 is 0 Å². The Morgan fingerprint density at radius 2 is 2.12 bits per heavy atom. The maximum absolute atomic E-state index is 5.06. The van der Waals surface area contributed by atoms with Crippen LogP contribution in [0.15, 0.2) is 41.9 Å². The summed E-state index contributed by atoms with van der Waals surface area (Å²) < 4.78 is 3.65. The van der Waals surface area contributed by atoms with Crippen LogP contribution in [0.2, 0.25) is 0 Å². The zero-order valence-corrected chi connectivity index (χ0v) is 14.6. The predicted octanol–water partition coefficient (Wildman–Crippen LogP) is 4.65. The van der Waals surface area contributed by atoms with Gasteiger partial charge >= 0.3 is 0 Å². The lowest BCUT2D eigenvalue weighted by Gasteiger charge is -2.10. The predicted molar refractivity (Wildman–Crippen MR) is 99.7 cm³/mol. The second-order valence-electron chi connectivity index (χ2n) is 7.08. The van der Waals surface area contributed by atoms with E-state index in [1.807, 2.05) is 18.5 Å². The first-order valence-corrected chi connectivity index (χ1v) is 9.54. The maximum atomic E-state index is 5.06. The van der Waals surface area contributed by atoms with Gasteiger partial charge in [-0.05, 0) is 43.5 Å². The van der Waals surface area contributed by atoms with E-state index in [1.54, 1.807) is 11.3 Å². The van der Waals surface area contributed by atoms with Crippen molar-refractivity contribution >= 4 is 21.6 Å². The van der Waals surface area contributed by atoms with Crippen molar-refractivity contribution in [3.63, 3.8) is 0 Å². The fourth-order valence-electron chi connectivity index (χ4n) is 4.09. The first-order chi connectivity index (χ1) is 12.3. The number of pyridine rings is 1. The first-order valence-electron chi connectivity index (χ1n) is 8.66. The van der Waals surface area contributed by atoms with E-state index in [4.69, 9.17) is 9.97 Å². The molecule has 0 radical (unpaired) electrons. The maximum Gasteiger partial charge on any atom is 0.115 e. The van der Waals surface area contributed by atoms with E-state index in [-0.39, 0.29) is 0 Å². The average Bonchev–Trinajstić information content (AvgIpc) is 2.98. The topological polar surface area (TPSA) is 43.6 Å². The van der Waals surface area contributed by atoms with Crippen LogP contribution in [0.3, 0.4) is 0 Å². The van der Waals surface area contributed by atoms with E-state index in [0.717, 1.165) is 35.1 Å². The van der Waals surface area contributed by atoms with Gasteiger partial charge in [-0.15, -0.1) is 11.3 Å². The molecule has 4 nitrogen and oxygen atoms in total. The molecular weight excluding hydrogens is 328 g/mol. The molecule has 4 heterocycles. The normalized spacial score (nSPS) is 20.7. The minimum absolute atomic E-state index is 0.657. The number of aryl methyl sites for hydroxylation is 1. The third-order valence-corrected chi connectivity index (χ3v) is 6.20. The number of imidazole rings is 1. The summed E-state index contributed by atoms with van der Waals surface area (Å²) in [7, 11) is 0. The molecule has 2 atom stereocenters. The van der Waals surface area contributed by atoms with Crippen LogP contribution in [0, 0.1) is 12.8 Å². The highest BCUT2D eigenvalue weighted by Crippen LogP contribution is 2.55. The van der Waals surface area contributed by atoms with Crippen molar-refractivity contribution in [1.29, 1.82) is 0 Å². The number of hydrogen-bond acceptors (Lipinski definition) is 4. The molecule has 1 saturated carbocycles. The second-order valence-corrected chi connectivity index (χ2v) is 7.97. The van der Waals surface area contributed by atoms with Crippen LogP contribution in [0.5, 0.6) is 0 Å². The Morgan fingerprint density at radius 1 is 1.16 bits per heavy atom. The zero-order valence-electron chi connectivity index (χ0n) is 13.8. The highest BCUT2D eigenvalue weighted by atomic mass is 32.1. The van der Waals surface area contributed by atoms with Gasteiger partial charge in [-0.2, -0.15) is 0 Å². The van der Waals surface area contributed by atoms with Gasteiger partial charge in [0.1, 0.15) is 11.5 Å². The van der Waals surface area contributed by atoms with E-state index >= 15 is 0 Å². The molecule has 2 unspecified atom stereocenters. The van der Waals surface area contributed by atoms with E-state index in [9.17, 15) is 0 Å². The molecule has 122 valence electrons. The fraction of sp³-hybridized carbons (Fsp3) is 0.250. The summed E-state index contributed by atoms with van der Waals surface area (Å²) in [5, 5.41) is 0. The molecular formula is C20H16N4S. The SMILES string of the molecule is Cc1cccc(-c2nc3n(c2-c2ccc4ncsc4c2)CC2CC32)n1. The van der Waals surface area contributed by atoms with Crippen LogP contribution >= 0.6 is 11.3 Å². The van der Waals surface area contributed by atoms with E-state index in [2.05, 4.69) is 39.9 Å². The summed E-state index contributed by atoms with van der Waals surface area (Å²) >= 11 is 1.69. The monoisotopic (exact) mass is 344 g/mol.